The fourth-order valence-corrected chi connectivity index (χ4v) is 4.40. The van der Waals surface area contributed by atoms with Gasteiger partial charge in [-0.05, 0) is 42.2 Å². The maximum absolute atomic E-state index is 11.0. The van der Waals surface area contributed by atoms with Gasteiger partial charge in [-0.15, -0.1) is 0 Å². The largest absolute Gasteiger partial charge is 0.492 e. The van der Waals surface area contributed by atoms with Crippen molar-refractivity contribution in [1.82, 2.24) is 19.9 Å². The Kier molecular flexibility index (Phi) is 7.81. The predicted octanol–water partition coefficient (Wildman–Crippen LogP) is 4.98. The summed E-state index contributed by atoms with van der Waals surface area (Å²) in [4.78, 5) is 8.98. The number of halogens is 1. The Morgan fingerprint density at radius 1 is 1.00 bits per heavy atom. The molecule has 3 aromatic rings. The molecule has 0 aliphatic carbocycles. The zero-order valence-corrected chi connectivity index (χ0v) is 21.8. The van der Waals surface area contributed by atoms with Gasteiger partial charge in [0.25, 0.3) is 5.89 Å². The maximum Gasteiger partial charge on any atom is 0.257 e. The Labute approximate surface area is 212 Å². The van der Waals surface area contributed by atoms with Crippen LogP contribution in [0.2, 0.25) is 5.02 Å². The van der Waals surface area contributed by atoms with Crippen molar-refractivity contribution in [2.45, 2.75) is 51.8 Å². The van der Waals surface area contributed by atoms with Crippen LogP contribution in [0.1, 0.15) is 45.5 Å². The lowest BCUT2D eigenvalue weighted by Crippen LogP contribution is -2.56. The van der Waals surface area contributed by atoms with Gasteiger partial charge in [-0.1, -0.05) is 61.8 Å². The zero-order valence-electron chi connectivity index (χ0n) is 21.0. The van der Waals surface area contributed by atoms with E-state index in [9.17, 15) is 5.11 Å². The van der Waals surface area contributed by atoms with Crippen LogP contribution in [0.5, 0.6) is 5.75 Å². The predicted molar refractivity (Wildman–Crippen MR) is 137 cm³/mol. The van der Waals surface area contributed by atoms with Crippen molar-refractivity contribution in [3.8, 4) is 17.2 Å². The third kappa shape index (κ3) is 6.61. The molecule has 7 nitrogen and oxygen atoms in total. The van der Waals surface area contributed by atoms with E-state index in [1.54, 1.807) is 6.07 Å². The first-order valence-corrected chi connectivity index (χ1v) is 12.5. The minimum absolute atomic E-state index is 0.105. The van der Waals surface area contributed by atoms with Gasteiger partial charge in [0.2, 0.25) is 0 Å². The van der Waals surface area contributed by atoms with E-state index in [4.69, 9.17) is 20.9 Å². The van der Waals surface area contributed by atoms with Crippen LogP contribution >= 0.6 is 11.6 Å². The number of aromatic nitrogens is 2. The van der Waals surface area contributed by atoms with E-state index in [1.165, 1.54) is 5.56 Å². The van der Waals surface area contributed by atoms with E-state index in [0.29, 0.717) is 42.1 Å². The van der Waals surface area contributed by atoms with Crippen molar-refractivity contribution in [2.24, 2.45) is 0 Å². The van der Waals surface area contributed by atoms with Crippen molar-refractivity contribution in [3.63, 3.8) is 0 Å². The molecule has 1 N–H and O–H groups in total. The molecule has 4 rings (SSSR count). The number of hydrogen-bond donors (Lipinski definition) is 1. The van der Waals surface area contributed by atoms with Crippen LogP contribution in [0.4, 0.5) is 0 Å². The van der Waals surface area contributed by atoms with Gasteiger partial charge in [0.15, 0.2) is 5.82 Å². The molecule has 0 radical (unpaired) electrons. The molecule has 1 aromatic heterocycles. The highest BCUT2D eigenvalue weighted by atomic mass is 35.5. The molecule has 188 valence electrons. The van der Waals surface area contributed by atoms with Crippen molar-refractivity contribution in [1.29, 1.82) is 0 Å². The number of aliphatic hydroxyl groups is 1. The molecule has 1 saturated heterocycles. The number of ether oxygens (including phenoxy) is 1. The van der Waals surface area contributed by atoms with E-state index in [1.807, 2.05) is 37.3 Å². The lowest BCUT2D eigenvalue weighted by molar-refractivity contribution is -0.121. The van der Waals surface area contributed by atoms with Gasteiger partial charge in [-0.3, -0.25) is 9.80 Å². The second kappa shape index (κ2) is 10.7. The average molecular weight is 499 g/mol. The highest BCUT2D eigenvalue weighted by Gasteiger charge is 2.32. The van der Waals surface area contributed by atoms with Crippen LogP contribution in [0.3, 0.4) is 0 Å². The third-order valence-electron chi connectivity index (χ3n) is 6.55. The Morgan fingerprint density at radius 2 is 1.69 bits per heavy atom. The highest BCUT2D eigenvalue weighted by molar-refractivity contribution is 6.32. The van der Waals surface area contributed by atoms with Gasteiger partial charge in [0, 0.05) is 38.2 Å². The smallest absolute Gasteiger partial charge is 0.257 e. The molecular formula is C27H35ClN4O3. The zero-order chi connectivity index (χ0) is 25.1. The lowest BCUT2D eigenvalue weighted by Gasteiger charge is -2.42. The Bertz CT molecular complexity index is 1100. The second-order valence-corrected chi connectivity index (χ2v) is 10.8. The normalized spacial score (nSPS) is 17.3. The molecule has 0 bridgehead atoms. The molecule has 2 heterocycles. The number of nitrogens with zero attached hydrogens (tertiary/aromatic N) is 4. The van der Waals surface area contributed by atoms with Crippen LogP contribution in [-0.4, -0.2) is 63.6 Å². The minimum Gasteiger partial charge on any atom is -0.492 e. The minimum atomic E-state index is -0.953. The topological polar surface area (TPSA) is 74.9 Å². The molecule has 35 heavy (non-hydrogen) atoms. The molecule has 1 unspecified atom stereocenters. The Hall–Kier alpha value is -2.45. The number of benzene rings is 2. The van der Waals surface area contributed by atoms with Gasteiger partial charge < -0.3 is 14.4 Å². The molecule has 1 aliphatic rings. The van der Waals surface area contributed by atoms with Gasteiger partial charge in [-0.2, -0.15) is 4.98 Å². The summed E-state index contributed by atoms with van der Waals surface area (Å²) >= 11 is 6.14. The molecular weight excluding hydrogens is 464 g/mol. The fraction of sp³-hybridized carbons (Fsp3) is 0.481. The molecule has 0 spiro atoms. The summed E-state index contributed by atoms with van der Waals surface area (Å²) in [7, 11) is 0. The monoisotopic (exact) mass is 498 g/mol. The Balaban J connectivity index is 1.25. The number of rotatable bonds is 8. The van der Waals surface area contributed by atoms with E-state index in [2.05, 4.69) is 52.8 Å². The van der Waals surface area contributed by atoms with Gasteiger partial charge >= 0.3 is 0 Å². The SMILES string of the molecule is CC(C)(C)c1ccc(-c2nc(CN3CCN(C(C)(O)CCOc4ccccc4Cl)CC3)no2)cc1. The standard InChI is InChI=1S/C27H35ClN4O3/c1-26(2,3)21-11-9-20(10-12-21)25-29-24(30-35-25)19-31-14-16-32(17-15-31)27(4,33)13-18-34-23-8-6-5-7-22(23)28/h5-12,33H,13-19H2,1-4H3. The number of para-hydroxylation sites is 1. The van der Waals surface area contributed by atoms with Gasteiger partial charge in [0.1, 0.15) is 11.5 Å². The Morgan fingerprint density at radius 3 is 2.34 bits per heavy atom. The second-order valence-electron chi connectivity index (χ2n) is 10.4. The molecule has 8 heteroatoms. The summed E-state index contributed by atoms with van der Waals surface area (Å²) in [5.41, 5.74) is 1.35. The van der Waals surface area contributed by atoms with E-state index < -0.39 is 5.72 Å². The highest BCUT2D eigenvalue weighted by Crippen LogP contribution is 2.27. The average Bonchev–Trinajstić information content (AvgIpc) is 3.29. The summed E-state index contributed by atoms with van der Waals surface area (Å²) in [6.45, 7) is 12.6. The van der Waals surface area contributed by atoms with Gasteiger partial charge in [-0.25, -0.2) is 0 Å². The lowest BCUT2D eigenvalue weighted by atomic mass is 9.87. The molecule has 1 aliphatic heterocycles. The molecule has 0 amide bonds. The van der Waals surface area contributed by atoms with Crippen molar-refractivity contribution in [2.75, 3.05) is 32.8 Å². The molecule has 2 aromatic carbocycles. The third-order valence-corrected chi connectivity index (χ3v) is 6.87. The molecule has 0 saturated carbocycles. The van der Waals surface area contributed by atoms with E-state index in [0.717, 1.165) is 31.7 Å². The summed E-state index contributed by atoms with van der Waals surface area (Å²) in [6, 6.07) is 15.7. The van der Waals surface area contributed by atoms with Crippen molar-refractivity contribution >= 4 is 11.6 Å². The van der Waals surface area contributed by atoms with Crippen LogP contribution in [0.25, 0.3) is 11.5 Å². The van der Waals surface area contributed by atoms with E-state index >= 15 is 0 Å². The summed E-state index contributed by atoms with van der Waals surface area (Å²) in [5.74, 6) is 1.85. The van der Waals surface area contributed by atoms with E-state index in [-0.39, 0.29) is 5.41 Å². The van der Waals surface area contributed by atoms with Crippen molar-refractivity contribution < 1.29 is 14.4 Å². The number of hydrogen-bond acceptors (Lipinski definition) is 7. The van der Waals surface area contributed by atoms with Gasteiger partial charge in [0.05, 0.1) is 18.2 Å². The van der Waals surface area contributed by atoms with Crippen LogP contribution in [0.15, 0.2) is 53.1 Å². The van der Waals surface area contributed by atoms with Crippen molar-refractivity contribution in [3.05, 3.63) is 64.9 Å². The maximum atomic E-state index is 11.0. The first-order chi connectivity index (χ1) is 16.6. The van der Waals surface area contributed by atoms with Crippen LogP contribution in [-0.2, 0) is 12.0 Å². The fourth-order valence-electron chi connectivity index (χ4n) is 4.21. The number of piperazine rings is 1. The van der Waals surface area contributed by atoms with Crippen LogP contribution < -0.4 is 4.74 Å². The summed E-state index contributed by atoms with van der Waals surface area (Å²) in [6.07, 6.45) is 0.487. The first kappa shape index (κ1) is 25.6. The molecule has 1 fully saturated rings. The summed E-state index contributed by atoms with van der Waals surface area (Å²) in [5, 5.41) is 15.8. The molecule has 1 atom stereocenters. The summed E-state index contributed by atoms with van der Waals surface area (Å²) < 4.78 is 11.3. The van der Waals surface area contributed by atoms with Crippen LogP contribution in [0, 0.1) is 0 Å². The quantitative estimate of drug-likeness (QED) is 0.469. The first-order valence-electron chi connectivity index (χ1n) is 12.1.